The van der Waals surface area contributed by atoms with Crippen molar-refractivity contribution in [2.75, 3.05) is 13.1 Å². The molecule has 0 saturated carbocycles. The summed E-state index contributed by atoms with van der Waals surface area (Å²) in [5.41, 5.74) is 9.91. The fraction of sp³-hybridized carbons (Fsp3) is 0.500. The molecule has 0 bridgehead atoms. The number of nitrogens with two attached hydrogens (primary N) is 1. The van der Waals surface area contributed by atoms with Crippen LogP contribution in [0.5, 0.6) is 0 Å². The Morgan fingerprint density at radius 3 is 2.44 bits per heavy atom. The number of hydrogen-bond acceptors (Lipinski definition) is 3. The summed E-state index contributed by atoms with van der Waals surface area (Å²) >= 11 is 6.04. The van der Waals surface area contributed by atoms with Gasteiger partial charge < -0.3 is 10.6 Å². The summed E-state index contributed by atoms with van der Waals surface area (Å²) in [6.45, 7) is 1.45. The van der Waals surface area contributed by atoms with E-state index in [1.165, 1.54) is 12.1 Å². The third-order valence-electron chi connectivity index (χ3n) is 5.53. The minimum atomic E-state index is 0. The van der Waals surface area contributed by atoms with Gasteiger partial charge in [0.2, 0.25) is 0 Å². The van der Waals surface area contributed by atoms with E-state index in [0.29, 0.717) is 10.7 Å². The number of rotatable bonds is 2. The van der Waals surface area contributed by atoms with Crippen LogP contribution < -0.4 is 5.73 Å². The van der Waals surface area contributed by atoms with Gasteiger partial charge in [-0.1, -0.05) is 18.0 Å². The number of nitrogens with zero attached hydrogens (tertiary/aromatic N) is 3. The Kier molecular flexibility index (Phi) is 6.45. The van der Waals surface area contributed by atoms with Crippen molar-refractivity contribution in [2.45, 2.75) is 51.0 Å². The topological polar surface area (TPSA) is 64.2 Å². The molecule has 1 amide bonds. The number of halogens is 2. The van der Waals surface area contributed by atoms with Crippen LogP contribution in [-0.2, 0) is 12.8 Å². The zero-order valence-electron chi connectivity index (χ0n) is 15.4. The second kappa shape index (κ2) is 8.63. The highest BCUT2D eigenvalue weighted by atomic mass is 35.5. The number of amides is 1. The molecule has 2 aromatic rings. The maximum Gasteiger partial charge on any atom is 0.274 e. The molecule has 2 N–H and O–H groups in total. The molecule has 0 radical (unpaired) electrons. The molecular weight excluding hydrogens is 383 g/mol. The first kappa shape index (κ1) is 20.2. The van der Waals surface area contributed by atoms with E-state index in [1.807, 2.05) is 33.8 Å². The van der Waals surface area contributed by atoms with Crippen LogP contribution in [0.1, 0.15) is 53.8 Å². The zero-order chi connectivity index (χ0) is 18.1. The number of carbonyl (C=O) groups excluding carboxylic acids is 1. The number of carbonyl (C=O) groups is 1. The Bertz CT molecular complexity index is 795. The third-order valence-corrected chi connectivity index (χ3v) is 5.78. The molecule has 0 atom stereocenters. The van der Waals surface area contributed by atoms with Crippen molar-refractivity contribution in [1.82, 2.24) is 14.7 Å². The van der Waals surface area contributed by atoms with Gasteiger partial charge in [0.25, 0.3) is 5.91 Å². The molecule has 1 saturated heterocycles. The quantitative estimate of drug-likeness (QED) is 0.768. The fourth-order valence-electron chi connectivity index (χ4n) is 4.00. The van der Waals surface area contributed by atoms with Gasteiger partial charge in [0, 0.05) is 35.4 Å². The lowest BCUT2D eigenvalue weighted by Crippen LogP contribution is -2.43. The van der Waals surface area contributed by atoms with Crippen LogP contribution in [0.4, 0.5) is 0 Å². The lowest BCUT2D eigenvalue weighted by atomic mass is 10.0. The lowest BCUT2D eigenvalue weighted by molar-refractivity contribution is 0.0707. The van der Waals surface area contributed by atoms with Crippen molar-refractivity contribution in [3.8, 4) is 5.69 Å². The highest BCUT2D eigenvalue weighted by Gasteiger charge is 2.29. The molecule has 0 spiro atoms. The molecule has 7 heteroatoms. The Morgan fingerprint density at radius 2 is 1.74 bits per heavy atom. The van der Waals surface area contributed by atoms with Crippen LogP contribution in [0.25, 0.3) is 5.69 Å². The predicted octanol–water partition coefficient (Wildman–Crippen LogP) is 3.78. The summed E-state index contributed by atoms with van der Waals surface area (Å²) in [5, 5.41) is 5.48. The van der Waals surface area contributed by atoms with Crippen molar-refractivity contribution in [3.05, 3.63) is 46.2 Å². The molecule has 2 aliphatic rings. The number of benzene rings is 1. The second-order valence-corrected chi connectivity index (χ2v) is 7.79. The van der Waals surface area contributed by atoms with Gasteiger partial charge in [0.1, 0.15) is 0 Å². The first-order valence-electron chi connectivity index (χ1n) is 9.55. The van der Waals surface area contributed by atoms with E-state index < -0.39 is 0 Å². The first-order chi connectivity index (χ1) is 12.6. The molecule has 0 unspecified atom stereocenters. The summed E-state index contributed by atoms with van der Waals surface area (Å²) in [6.07, 6.45) is 7.07. The molecule has 4 rings (SSSR count). The van der Waals surface area contributed by atoms with Gasteiger partial charge in [-0.25, -0.2) is 4.68 Å². The van der Waals surface area contributed by atoms with Crippen molar-refractivity contribution in [3.63, 3.8) is 0 Å². The van der Waals surface area contributed by atoms with E-state index in [4.69, 9.17) is 22.4 Å². The standard InChI is InChI=1S/C20H25ClN4O.ClH/c21-14-6-8-16(9-7-14)25-18-5-3-1-2-4-17(18)19(23-25)20(26)24-12-10-15(22)11-13-24;/h6-9,15H,1-5,10-13,22H2;1H. The smallest absolute Gasteiger partial charge is 0.274 e. The fourth-order valence-corrected chi connectivity index (χ4v) is 4.12. The van der Waals surface area contributed by atoms with Gasteiger partial charge in [-0.2, -0.15) is 5.10 Å². The van der Waals surface area contributed by atoms with E-state index in [2.05, 4.69) is 0 Å². The van der Waals surface area contributed by atoms with Crippen molar-refractivity contribution in [1.29, 1.82) is 0 Å². The minimum absolute atomic E-state index is 0. The molecule has 1 aliphatic heterocycles. The number of likely N-dealkylation sites (tertiary alicyclic amines) is 1. The Morgan fingerprint density at radius 1 is 1.07 bits per heavy atom. The molecule has 2 heterocycles. The average molecular weight is 409 g/mol. The first-order valence-corrected chi connectivity index (χ1v) is 9.93. The normalized spacial score (nSPS) is 17.8. The Labute approximate surface area is 171 Å². The van der Waals surface area contributed by atoms with E-state index in [0.717, 1.165) is 62.9 Å². The average Bonchev–Trinajstić information content (AvgIpc) is 2.84. The predicted molar refractivity (Wildman–Crippen MR) is 110 cm³/mol. The summed E-state index contributed by atoms with van der Waals surface area (Å²) in [4.78, 5) is 15.1. The van der Waals surface area contributed by atoms with Crippen LogP contribution in [0.15, 0.2) is 24.3 Å². The van der Waals surface area contributed by atoms with Crippen LogP contribution in [-0.4, -0.2) is 39.7 Å². The summed E-state index contributed by atoms with van der Waals surface area (Å²) in [6, 6.07) is 7.89. The largest absolute Gasteiger partial charge is 0.337 e. The monoisotopic (exact) mass is 408 g/mol. The maximum atomic E-state index is 13.2. The molecule has 1 aromatic heterocycles. The Balaban J connectivity index is 0.00000210. The zero-order valence-corrected chi connectivity index (χ0v) is 16.9. The number of fused-ring (bicyclic) bond motifs is 1. The van der Waals surface area contributed by atoms with E-state index in [-0.39, 0.29) is 24.4 Å². The molecule has 27 heavy (non-hydrogen) atoms. The summed E-state index contributed by atoms with van der Waals surface area (Å²) in [7, 11) is 0. The van der Waals surface area contributed by atoms with Gasteiger partial charge in [0.15, 0.2) is 5.69 Å². The van der Waals surface area contributed by atoms with Gasteiger partial charge in [0.05, 0.1) is 5.69 Å². The van der Waals surface area contributed by atoms with Crippen LogP contribution >= 0.6 is 24.0 Å². The van der Waals surface area contributed by atoms with E-state index >= 15 is 0 Å². The highest BCUT2D eigenvalue weighted by Crippen LogP contribution is 2.28. The van der Waals surface area contributed by atoms with Crippen LogP contribution in [0, 0.1) is 0 Å². The maximum absolute atomic E-state index is 13.2. The highest BCUT2D eigenvalue weighted by molar-refractivity contribution is 6.30. The SMILES string of the molecule is Cl.NC1CCN(C(=O)c2nn(-c3ccc(Cl)cc3)c3c2CCCCC3)CC1. The number of hydrogen-bond donors (Lipinski definition) is 1. The van der Waals surface area contributed by atoms with Crippen molar-refractivity contribution >= 4 is 29.9 Å². The number of aromatic nitrogens is 2. The second-order valence-electron chi connectivity index (χ2n) is 7.35. The van der Waals surface area contributed by atoms with Crippen molar-refractivity contribution in [2.24, 2.45) is 5.73 Å². The van der Waals surface area contributed by atoms with Crippen LogP contribution in [0.3, 0.4) is 0 Å². The van der Waals surface area contributed by atoms with Gasteiger partial charge in [-0.3, -0.25) is 4.79 Å². The van der Waals surface area contributed by atoms with Crippen LogP contribution in [0.2, 0.25) is 5.02 Å². The van der Waals surface area contributed by atoms with Gasteiger partial charge in [-0.05, 0) is 62.8 Å². The van der Waals surface area contributed by atoms with E-state index in [9.17, 15) is 4.79 Å². The minimum Gasteiger partial charge on any atom is -0.337 e. The van der Waals surface area contributed by atoms with E-state index in [1.54, 1.807) is 0 Å². The van der Waals surface area contributed by atoms with Gasteiger partial charge in [-0.15, -0.1) is 12.4 Å². The summed E-state index contributed by atoms with van der Waals surface area (Å²) < 4.78 is 1.96. The molecule has 146 valence electrons. The lowest BCUT2D eigenvalue weighted by Gasteiger charge is -2.29. The third kappa shape index (κ3) is 4.15. The number of piperidine rings is 1. The molecular formula is C20H26Cl2N4O. The summed E-state index contributed by atoms with van der Waals surface area (Å²) in [5.74, 6) is 0.0581. The van der Waals surface area contributed by atoms with Gasteiger partial charge >= 0.3 is 0 Å². The molecule has 1 aromatic carbocycles. The Hall–Kier alpha value is -1.56. The molecule has 5 nitrogen and oxygen atoms in total. The van der Waals surface area contributed by atoms with Crippen molar-refractivity contribution < 1.29 is 4.79 Å². The molecule has 1 fully saturated rings. The molecule has 1 aliphatic carbocycles.